The fourth-order valence-electron chi connectivity index (χ4n) is 4.91. The van der Waals surface area contributed by atoms with Crippen molar-refractivity contribution in [2.45, 2.75) is 31.3 Å². The van der Waals surface area contributed by atoms with E-state index < -0.39 is 0 Å². The van der Waals surface area contributed by atoms with Crippen LogP contribution in [0.2, 0.25) is 0 Å². The number of likely N-dealkylation sites (tertiary alicyclic amines) is 1. The van der Waals surface area contributed by atoms with Crippen LogP contribution in [-0.4, -0.2) is 43.3 Å². The Balaban J connectivity index is 1.50. The van der Waals surface area contributed by atoms with Crippen molar-refractivity contribution in [1.82, 2.24) is 9.80 Å². The van der Waals surface area contributed by atoms with Gasteiger partial charge in [-0.1, -0.05) is 30.3 Å². The Kier molecular flexibility index (Phi) is 3.73. The molecule has 5 rings (SSSR count). The number of hydrogen-bond acceptors (Lipinski definition) is 4. The van der Waals surface area contributed by atoms with Gasteiger partial charge in [-0.05, 0) is 61.6 Å². The highest BCUT2D eigenvalue weighted by molar-refractivity contribution is 5.51. The standard InChI is InChI=1S/C22H26N2O2/c1-22(24-11-9-18(14-24)16-6-4-3-5-7-16)19-13-21-20(25-15-26-21)12-17(19)8-10-23(22)2/h3-7,12-13,18H,8-11,14-15H2,1-2H3. The molecule has 3 aliphatic heterocycles. The number of nitrogens with zero attached hydrogens (tertiary/aromatic N) is 2. The minimum absolute atomic E-state index is 0.0991. The van der Waals surface area contributed by atoms with E-state index in [1.165, 1.54) is 23.1 Å². The van der Waals surface area contributed by atoms with Crippen molar-refractivity contribution >= 4 is 0 Å². The molecule has 2 aromatic rings. The zero-order valence-electron chi connectivity index (χ0n) is 15.6. The van der Waals surface area contributed by atoms with Crippen molar-refractivity contribution in [2.24, 2.45) is 0 Å². The largest absolute Gasteiger partial charge is 0.454 e. The van der Waals surface area contributed by atoms with E-state index in [0.29, 0.717) is 12.7 Å². The van der Waals surface area contributed by atoms with Gasteiger partial charge >= 0.3 is 0 Å². The summed E-state index contributed by atoms with van der Waals surface area (Å²) >= 11 is 0. The van der Waals surface area contributed by atoms with Crippen LogP contribution in [0, 0.1) is 0 Å². The zero-order valence-corrected chi connectivity index (χ0v) is 15.6. The number of ether oxygens (including phenoxy) is 2. The second-order valence-electron chi connectivity index (χ2n) is 7.90. The van der Waals surface area contributed by atoms with E-state index in [1.54, 1.807) is 0 Å². The van der Waals surface area contributed by atoms with Gasteiger partial charge in [-0.2, -0.15) is 0 Å². The van der Waals surface area contributed by atoms with Crippen LogP contribution in [0.25, 0.3) is 0 Å². The Bertz CT molecular complexity index is 822. The molecule has 0 spiro atoms. The van der Waals surface area contributed by atoms with Gasteiger partial charge in [0.25, 0.3) is 0 Å². The summed E-state index contributed by atoms with van der Waals surface area (Å²) in [6.07, 6.45) is 2.28. The van der Waals surface area contributed by atoms with Crippen LogP contribution in [0.5, 0.6) is 11.5 Å². The zero-order chi connectivity index (χ0) is 17.7. The van der Waals surface area contributed by atoms with Gasteiger partial charge in [-0.25, -0.2) is 0 Å². The molecule has 0 bridgehead atoms. The minimum Gasteiger partial charge on any atom is -0.454 e. The third kappa shape index (κ3) is 2.36. The highest BCUT2D eigenvalue weighted by atomic mass is 16.7. The average molecular weight is 350 g/mol. The molecule has 26 heavy (non-hydrogen) atoms. The van der Waals surface area contributed by atoms with E-state index in [0.717, 1.165) is 37.6 Å². The van der Waals surface area contributed by atoms with Crippen LogP contribution < -0.4 is 9.47 Å². The summed E-state index contributed by atoms with van der Waals surface area (Å²) in [4.78, 5) is 5.16. The molecule has 0 radical (unpaired) electrons. The Morgan fingerprint density at radius 3 is 2.62 bits per heavy atom. The van der Waals surface area contributed by atoms with Gasteiger partial charge in [-0.3, -0.25) is 9.80 Å². The average Bonchev–Trinajstić information content (AvgIpc) is 3.34. The summed E-state index contributed by atoms with van der Waals surface area (Å²) in [5, 5.41) is 0. The van der Waals surface area contributed by atoms with E-state index in [2.05, 4.69) is 66.2 Å². The van der Waals surface area contributed by atoms with Crippen LogP contribution >= 0.6 is 0 Å². The fraction of sp³-hybridized carbons (Fsp3) is 0.455. The molecule has 3 heterocycles. The lowest BCUT2D eigenvalue weighted by Gasteiger charge is -2.50. The second kappa shape index (κ2) is 6.00. The van der Waals surface area contributed by atoms with E-state index in [4.69, 9.17) is 9.47 Å². The maximum atomic E-state index is 5.69. The number of fused-ring (bicyclic) bond motifs is 2. The summed E-state index contributed by atoms with van der Waals surface area (Å²) in [5.74, 6) is 2.41. The lowest BCUT2D eigenvalue weighted by molar-refractivity contribution is -0.0301. The van der Waals surface area contributed by atoms with Crippen LogP contribution in [0.3, 0.4) is 0 Å². The Hall–Kier alpha value is -2.04. The van der Waals surface area contributed by atoms with Gasteiger partial charge in [0.05, 0.1) is 5.66 Å². The highest BCUT2D eigenvalue weighted by Gasteiger charge is 2.45. The molecule has 1 saturated heterocycles. The third-order valence-electron chi connectivity index (χ3n) is 6.64. The fourth-order valence-corrected chi connectivity index (χ4v) is 4.91. The summed E-state index contributed by atoms with van der Waals surface area (Å²) < 4.78 is 11.3. The van der Waals surface area contributed by atoms with Gasteiger partial charge in [0.2, 0.25) is 6.79 Å². The molecule has 0 amide bonds. The molecule has 2 unspecified atom stereocenters. The van der Waals surface area contributed by atoms with Crippen molar-refractivity contribution in [3.05, 3.63) is 59.2 Å². The molecule has 0 aliphatic carbocycles. The van der Waals surface area contributed by atoms with Crippen LogP contribution in [-0.2, 0) is 12.1 Å². The number of benzene rings is 2. The highest BCUT2D eigenvalue weighted by Crippen LogP contribution is 2.46. The van der Waals surface area contributed by atoms with Crippen LogP contribution in [0.1, 0.15) is 36.0 Å². The first kappa shape index (κ1) is 16.2. The van der Waals surface area contributed by atoms with Crippen molar-refractivity contribution in [2.75, 3.05) is 33.5 Å². The molecular formula is C22H26N2O2. The molecule has 136 valence electrons. The quantitative estimate of drug-likeness (QED) is 0.827. The SMILES string of the molecule is CN1CCc2cc3c(cc2C1(C)N1CCC(c2ccccc2)C1)OCO3. The lowest BCUT2D eigenvalue weighted by atomic mass is 9.87. The normalized spacial score (nSPS) is 28.3. The van der Waals surface area contributed by atoms with E-state index in [1.807, 2.05) is 0 Å². The van der Waals surface area contributed by atoms with Crippen molar-refractivity contribution in [3.8, 4) is 11.5 Å². The molecule has 2 atom stereocenters. The monoisotopic (exact) mass is 350 g/mol. The van der Waals surface area contributed by atoms with Gasteiger partial charge in [0.1, 0.15) is 0 Å². The Morgan fingerprint density at radius 1 is 1.04 bits per heavy atom. The Morgan fingerprint density at radius 2 is 1.81 bits per heavy atom. The van der Waals surface area contributed by atoms with Gasteiger partial charge in [0.15, 0.2) is 11.5 Å². The molecule has 0 aromatic heterocycles. The minimum atomic E-state index is -0.0991. The summed E-state index contributed by atoms with van der Waals surface area (Å²) in [6, 6.07) is 15.4. The number of hydrogen-bond donors (Lipinski definition) is 0. The topological polar surface area (TPSA) is 24.9 Å². The van der Waals surface area contributed by atoms with E-state index in [-0.39, 0.29) is 5.66 Å². The maximum absolute atomic E-state index is 5.69. The number of likely N-dealkylation sites (N-methyl/N-ethyl adjacent to an activating group) is 1. The van der Waals surface area contributed by atoms with Gasteiger partial charge in [-0.15, -0.1) is 0 Å². The summed E-state index contributed by atoms with van der Waals surface area (Å²) in [6.45, 7) is 5.99. The van der Waals surface area contributed by atoms with Crippen molar-refractivity contribution < 1.29 is 9.47 Å². The van der Waals surface area contributed by atoms with E-state index >= 15 is 0 Å². The smallest absolute Gasteiger partial charge is 0.231 e. The predicted molar refractivity (Wildman–Crippen MR) is 102 cm³/mol. The summed E-state index contributed by atoms with van der Waals surface area (Å²) in [5.41, 5.74) is 4.14. The first-order chi connectivity index (χ1) is 12.7. The third-order valence-corrected chi connectivity index (χ3v) is 6.64. The van der Waals surface area contributed by atoms with Crippen LogP contribution in [0.4, 0.5) is 0 Å². The predicted octanol–water partition coefficient (Wildman–Crippen LogP) is 3.57. The van der Waals surface area contributed by atoms with E-state index in [9.17, 15) is 0 Å². The van der Waals surface area contributed by atoms with Gasteiger partial charge in [0, 0.05) is 19.6 Å². The lowest BCUT2D eigenvalue weighted by Crippen LogP contribution is -2.57. The van der Waals surface area contributed by atoms with Crippen molar-refractivity contribution in [1.29, 1.82) is 0 Å². The molecule has 0 N–H and O–H groups in total. The molecular weight excluding hydrogens is 324 g/mol. The van der Waals surface area contributed by atoms with Crippen molar-refractivity contribution in [3.63, 3.8) is 0 Å². The molecule has 4 heteroatoms. The first-order valence-electron chi connectivity index (χ1n) is 9.60. The second-order valence-corrected chi connectivity index (χ2v) is 7.90. The molecule has 2 aromatic carbocycles. The first-order valence-corrected chi connectivity index (χ1v) is 9.60. The maximum Gasteiger partial charge on any atom is 0.231 e. The molecule has 1 fully saturated rings. The molecule has 3 aliphatic rings. The summed E-state index contributed by atoms with van der Waals surface area (Å²) in [7, 11) is 2.25. The Labute approximate surface area is 155 Å². The van der Waals surface area contributed by atoms with Gasteiger partial charge < -0.3 is 9.47 Å². The molecule has 4 nitrogen and oxygen atoms in total. The number of rotatable bonds is 2. The van der Waals surface area contributed by atoms with Crippen LogP contribution in [0.15, 0.2) is 42.5 Å². The molecule has 0 saturated carbocycles.